The zero-order chi connectivity index (χ0) is 21.4. The van der Waals surface area contributed by atoms with Crippen LogP contribution in [-0.2, 0) is 6.54 Å². The molecule has 0 unspecified atom stereocenters. The number of rotatable bonds is 5. The largest absolute Gasteiger partial charge is 0.455 e. The van der Waals surface area contributed by atoms with Crippen LogP contribution in [0.1, 0.15) is 34.3 Å². The number of nitrogens with zero attached hydrogens (tertiary/aromatic N) is 1. The molecule has 31 heavy (non-hydrogen) atoms. The summed E-state index contributed by atoms with van der Waals surface area (Å²) in [4.78, 5) is 28.7. The normalized spacial score (nSPS) is 13.3. The maximum atomic E-state index is 13.7. The highest BCUT2D eigenvalue weighted by Gasteiger charge is 2.34. The zero-order valence-electron chi connectivity index (χ0n) is 17.4. The lowest BCUT2D eigenvalue weighted by Gasteiger charge is -2.23. The summed E-state index contributed by atoms with van der Waals surface area (Å²) in [6.45, 7) is 2.32. The van der Waals surface area contributed by atoms with Crippen LogP contribution in [0, 0.1) is 6.92 Å². The number of benzene rings is 3. The Kier molecular flexibility index (Phi) is 4.91. The van der Waals surface area contributed by atoms with E-state index >= 15 is 0 Å². The van der Waals surface area contributed by atoms with Gasteiger partial charge in [0.15, 0.2) is 11.0 Å². The Morgan fingerprint density at radius 1 is 0.935 bits per heavy atom. The number of fused-ring (bicyclic) bond motifs is 1. The molecule has 5 rings (SSSR count). The van der Waals surface area contributed by atoms with E-state index < -0.39 is 0 Å². The van der Waals surface area contributed by atoms with E-state index in [2.05, 4.69) is 0 Å². The average molecular weight is 409 g/mol. The van der Waals surface area contributed by atoms with Gasteiger partial charge in [0.05, 0.1) is 10.9 Å². The van der Waals surface area contributed by atoms with E-state index in [1.165, 1.54) is 0 Å². The first-order valence-electron chi connectivity index (χ1n) is 10.6. The standard InChI is InChI=1S/C27H23NO3/c1-18-24(29)22-13-8-14-23(26(22)31-25(18)20-11-6-3-7-12-20)27(30)28(21-15-16-21)17-19-9-4-2-5-10-19/h2-14,21H,15-17H2,1H3. The van der Waals surface area contributed by atoms with Gasteiger partial charge in [-0.05, 0) is 37.5 Å². The third-order valence-electron chi connectivity index (χ3n) is 5.86. The molecule has 3 aromatic carbocycles. The molecule has 1 saturated carbocycles. The van der Waals surface area contributed by atoms with Crippen LogP contribution < -0.4 is 5.43 Å². The predicted molar refractivity (Wildman–Crippen MR) is 122 cm³/mol. The van der Waals surface area contributed by atoms with Crippen molar-refractivity contribution in [3.63, 3.8) is 0 Å². The summed E-state index contributed by atoms with van der Waals surface area (Å²) in [5, 5.41) is 0.443. The summed E-state index contributed by atoms with van der Waals surface area (Å²) in [6, 6.07) is 25.0. The second-order valence-corrected chi connectivity index (χ2v) is 8.08. The molecule has 0 spiro atoms. The van der Waals surface area contributed by atoms with Gasteiger partial charge in [-0.3, -0.25) is 9.59 Å². The molecule has 4 aromatic rings. The molecule has 0 aliphatic heterocycles. The molecule has 1 aliphatic rings. The minimum atomic E-state index is -0.101. The second-order valence-electron chi connectivity index (χ2n) is 8.08. The van der Waals surface area contributed by atoms with E-state index in [-0.39, 0.29) is 17.4 Å². The van der Waals surface area contributed by atoms with Crippen molar-refractivity contribution < 1.29 is 9.21 Å². The van der Waals surface area contributed by atoms with Gasteiger partial charge in [0.2, 0.25) is 0 Å². The molecule has 0 bridgehead atoms. The molecule has 1 heterocycles. The highest BCUT2D eigenvalue weighted by atomic mass is 16.3. The molecule has 1 amide bonds. The highest BCUT2D eigenvalue weighted by molar-refractivity contribution is 6.05. The Morgan fingerprint density at radius 3 is 2.29 bits per heavy atom. The molecule has 0 saturated heterocycles. The summed E-state index contributed by atoms with van der Waals surface area (Å²) < 4.78 is 6.26. The van der Waals surface area contributed by atoms with Crippen LogP contribution in [0.25, 0.3) is 22.3 Å². The van der Waals surface area contributed by atoms with Crippen molar-refractivity contribution in [2.75, 3.05) is 0 Å². The quantitative estimate of drug-likeness (QED) is 0.433. The van der Waals surface area contributed by atoms with Crippen molar-refractivity contribution in [1.29, 1.82) is 0 Å². The van der Waals surface area contributed by atoms with Gasteiger partial charge in [-0.1, -0.05) is 66.7 Å². The second kappa shape index (κ2) is 7.88. The van der Waals surface area contributed by atoms with Crippen molar-refractivity contribution in [2.24, 2.45) is 0 Å². The minimum absolute atomic E-state index is 0.0945. The number of amides is 1. The Balaban J connectivity index is 1.63. The molecule has 1 aromatic heterocycles. The summed E-state index contributed by atoms with van der Waals surface area (Å²) in [5.74, 6) is 0.419. The fourth-order valence-corrected chi connectivity index (χ4v) is 4.03. The van der Waals surface area contributed by atoms with Crippen LogP contribution in [0.3, 0.4) is 0 Å². The Morgan fingerprint density at radius 2 is 1.61 bits per heavy atom. The molecule has 4 nitrogen and oxygen atoms in total. The van der Waals surface area contributed by atoms with E-state index in [1.807, 2.05) is 65.6 Å². The molecule has 0 atom stereocenters. The van der Waals surface area contributed by atoms with Crippen molar-refractivity contribution in [2.45, 2.75) is 32.4 Å². The SMILES string of the molecule is Cc1c(-c2ccccc2)oc2c(C(=O)N(Cc3ccccc3)C3CC3)cccc2c1=O. The lowest BCUT2D eigenvalue weighted by atomic mass is 10.0. The van der Waals surface area contributed by atoms with Gasteiger partial charge in [-0.25, -0.2) is 0 Å². The van der Waals surface area contributed by atoms with Gasteiger partial charge >= 0.3 is 0 Å². The van der Waals surface area contributed by atoms with E-state index in [4.69, 9.17) is 4.42 Å². The average Bonchev–Trinajstić information content (AvgIpc) is 3.65. The van der Waals surface area contributed by atoms with E-state index in [9.17, 15) is 9.59 Å². The molecule has 4 heteroatoms. The third-order valence-corrected chi connectivity index (χ3v) is 5.86. The predicted octanol–water partition coefficient (Wildman–Crippen LogP) is 5.57. The van der Waals surface area contributed by atoms with Crippen molar-refractivity contribution in [3.8, 4) is 11.3 Å². The molecule has 0 radical (unpaired) electrons. The Labute approximate surface area is 180 Å². The number of carbonyl (C=O) groups is 1. The van der Waals surface area contributed by atoms with Crippen LogP contribution in [-0.4, -0.2) is 16.8 Å². The van der Waals surface area contributed by atoms with Crippen LogP contribution >= 0.6 is 0 Å². The van der Waals surface area contributed by atoms with Crippen LogP contribution in [0.4, 0.5) is 0 Å². The lowest BCUT2D eigenvalue weighted by molar-refractivity contribution is 0.0730. The van der Waals surface area contributed by atoms with Crippen LogP contribution in [0.5, 0.6) is 0 Å². The third kappa shape index (κ3) is 3.66. The van der Waals surface area contributed by atoms with Gasteiger partial charge in [-0.2, -0.15) is 0 Å². The summed E-state index contributed by atoms with van der Waals surface area (Å²) in [6.07, 6.45) is 2.00. The zero-order valence-corrected chi connectivity index (χ0v) is 17.4. The molecule has 1 aliphatic carbocycles. The Bertz CT molecular complexity index is 1310. The van der Waals surface area contributed by atoms with Crippen LogP contribution in [0.15, 0.2) is 88.1 Å². The minimum Gasteiger partial charge on any atom is -0.455 e. The van der Waals surface area contributed by atoms with Gasteiger partial charge in [0.1, 0.15) is 5.76 Å². The van der Waals surface area contributed by atoms with Gasteiger partial charge in [-0.15, -0.1) is 0 Å². The van der Waals surface area contributed by atoms with E-state index in [0.29, 0.717) is 34.4 Å². The van der Waals surface area contributed by atoms with Crippen molar-refractivity contribution in [1.82, 2.24) is 4.90 Å². The number of hydrogen-bond acceptors (Lipinski definition) is 3. The molecule has 154 valence electrons. The smallest absolute Gasteiger partial charge is 0.258 e. The summed E-state index contributed by atoms with van der Waals surface area (Å²) in [5.41, 5.74) is 3.16. The molecule has 1 fully saturated rings. The highest BCUT2D eigenvalue weighted by Crippen LogP contribution is 2.32. The first-order valence-corrected chi connectivity index (χ1v) is 10.6. The summed E-state index contributed by atoms with van der Waals surface area (Å²) in [7, 11) is 0. The van der Waals surface area contributed by atoms with Crippen molar-refractivity contribution in [3.05, 3.63) is 106 Å². The number of carbonyl (C=O) groups excluding carboxylic acids is 1. The molecular formula is C27H23NO3. The first kappa shape index (κ1) is 19.3. The molecule has 0 N–H and O–H groups in total. The Hall–Kier alpha value is -3.66. The lowest BCUT2D eigenvalue weighted by Crippen LogP contribution is -2.32. The fraction of sp³-hybridized carbons (Fsp3) is 0.185. The monoisotopic (exact) mass is 409 g/mol. The van der Waals surface area contributed by atoms with Gasteiger partial charge < -0.3 is 9.32 Å². The first-order chi connectivity index (χ1) is 15.1. The van der Waals surface area contributed by atoms with Gasteiger partial charge in [0, 0.05) is 23.7 Å². The maximum absolute atomic E-state index is 13.7. The van der Waals surface area contributed by atoms with E-state index in [0.717, 1.165) is 24.0 Å². The fourth-order valence-electron chi connectivity index (χ4n) is 4.03. The van der Waals surface area contributed by atoms with E-state index in [1.54, 1.807) is 25.1 Å². The van der Waals surface area contributed by atoms with Gasteiger partial charge in [0.25, 0.3) is 5.91 Å². The molecular weight excluding hydrogens is 386 g/mol. The number of hydrogen-bond donors (Lipinski definition) is 0. The topological polar surface area (TPSA) is 50.5 Å². The summed E-state index contributed by atoms with van der Waals surface area (Å²) >= 11 is 0. The van der Waals surface area contributed by atoms with Crippen molar-refractivity contribution >= 4 is 16.9 Å². The number of para-hydroxylation sites is 1. The van der Waals surface area contributed by atoms with Crippen LogP contribution in [0.2, 0.25) is 0 Å². The maximum Gasteiger partial charge on any atom is 0.258 e.